The molecule has 0 bridgehead atoms. The molecule has 1 amide bonds. The molecule has 0 aromatic carbocycles. The van der Waals surface area contributed by atoms with Crippen molar-refractivity contribution in [3.8, 4) is 0 Å². The molecule has 3 rings (SSSR count). The van der Waals surface area contributed by atoms with Gasteiger partial charge in [-0.3, -0.25) is 14.2 Å². The van der Waals surface area contributed by atoms with Crippen LogP contribution in [0.1, 0.15) is 19.8 Å². The van der Waals surface area contributed by atoms with Gasteiger partial charge in [-0.15, -0.1) is 11.3 Å². The van der Waals surface area contributed by atoms with Crippen molar-refractivity contribution in [3.63, 3.8) is 0 Å². The van der Waals surface area contributed by atoms with Crippen molar-refractivity contribution < 1.29 is 4.79 Å². The summed E-state index contributed by atoms with van der Waals surface area (Å²) in [6.07, 6.45) is 2.27. The maximum atomic E-state index is 12.3. The van der Waals surface area contributed by atoms with E-state index in [9.17, 15) is 9.59 Å². The number of carbonyl (C=O) groups is 1. The number of thiophene rings is 1. The third kappa shape index (κ3) is 3.05. The molecule has 118 valence electrons. The topological polar surface area (TPSA) is 55.2 Å². The van der Waals surface area contributed by atoms with E-state index < -0.39 is 0 Å². The van der Waals surface area contributed by atoms with E-state index in [1.165, 1.54) is 34.1 Å². The first kappa shape index (κ1) is 15.6. The van der Waals surface area contributed by atoms with Crippen LogP contribution in [0.15, 0.2) is 21.4 Å². The van der Waals surface area contributed by atoms with Crippen molar-refractivity contribution in [2.75, 3.05) is 18.8 Å². The average molecular weight is 337 g/mol. The number of nitrogens with zero attached hydrogens (tertiary/aromatic N) is 3. The van der Waals surface area contributed by atoms with Gasteiger partial charge in [0.1, 0.15) is 4.70 Å². The maximum Gasteiger partial charge on any atom is 0.271 e. The van der Waals surface area contributed by atoms with E-state index in [1.807, 2.05) is 16.3 Å². The normalized spacial score (nSPS) is 18.8. The number of amides is 1. The van der Waals surface area contributed by atoms with E-state index in [4.69, 9.17) is 0 Å². The molecule has 1 aliphatic rings. The number of likely N-dealkylation sites (tertiary alicyclic amines) is 1. The van der Waals surface area contributed by atoms with Gasteiger partial charge in [-0.25, -0.2) is 4.98 Å². The molecular weight excluding hydrogens is 318 g/mol. The molecule has 1 atom stereocenters. The zero-order chi connectivity index (χ0) is 15.7. The number of fused-ring (bicyclic) bond motifs is 1. The van der Waals surface area contributed by atoms with E-state index in [-0.39, 0.29) is 11.5 Å². The summed E-state index contributed by atoms with van der Waals surface area (Å²) in [5.74, 6) is 1.05. The van der Waals surface area contributed by atoms with E-state index in [2.05, 4.69) is 11.9 Å². The quantitative estimate of drug-likeness (QED) is 0.637. The van der Waals surface area contributed by atoms with Crippen LogP contribution in [-0.4, -0.2) is 39.2 Å². The lowest BCUT2D eigenvalue weighted by molar-refractivity contribution is -0.130. The standard InChI is InChI=1S/C15H19N3O2S2/c1-10-4-3-6-18(8-10)12(19)9-22-15-16-11-5-7-21-13(11)14(20)17(15)2/h5,7,10H,3-4,6,8-9H2,1-2H3/t10-/m0/s1. The van der Waals surface area contributed by atoms with Crippen molar-refractivity contribution in [2.24, 2.45) is 13.0 Å². The number of hydrogen-bond acceptors (Lipinski definition) is 5. The van der Waals surface area contributed by atoms with Gasteiger partial charge >= 0.3 is 0 Å². The summed E-state index contributed by atoms with van der Waals surface area (Å²) in [4.78, 5) is 31.0. The summed E-state index contributed by atoms with van der Waals surface area (Å²) in [5.41, 5.74) is 0.677. The molecular formula is C15H19N3O2S2. The largest absolute Gasteiger partial charge is 0.342 e. The molecule has 3 heterocycles. The Hall–Kier alpha value is -1.34. The number of piperidine rings is 1. The fourth-order valence-electron chi connectivity index (χ4n) is 2.73. The summed E-state index contributed by atoms with van der Waals surface area (Å²) in [6.45, 7) is 3.87. The molecule has 22 heavy (non-hydrogen) atoms. The van der Waals surface area contributed by atoms with Crippen LogP contribution >= 0.6 is 23.1 Å². The molecule has 2 aromatic heterocycles. The fourth-order valence-corrected chi connectivity index (χ4v) is 4.41. The molecule has 1 fully saturated rings. The van der Waals surface area contributed by atoms with Gasteiger partial charge in [0.2, 0.25) is 5.91 Å². The summed E-state index contributed by atoms with van der Waals surface area (Å²) in [7, 11) is 1.71. The van der Waals surface area contributed by atoms with Gasteiger partial charge in [0, 0.05) is 20.1 Å². The monoisotopic (exact) mass is 337 g/mol. The fraction of sp³-hybridized carbons (Fsp3) is 0.533. The molecule has 7 heteroatoms. The second-order valence-corrected chi connectivity index (χ2v) is 7.63. The molecule has 0 radical (unpaired) electrons. The molecule has 1 aliphatic heterocycles. The minimum absolute atomic E-state index is 0.0402. The molecule has 2 aromatic rings. The van der Waals surface area contributed by atoms with Crippen molar-refractivity contribution in [2.45, 2.75) is 24.9 Å². The first-order valence-corrected chi connectivity index (χ1v) is 9.27. The van der Waals surface area contributed by atoms with Gasteiger partial charge in [-0.1, -0.05) is 18.7 Å². The number of aromatic nitrogens is 2. The molecule has 1 saturated heterocycles. The van der Waals surface area contributed by atoms with E-state index in [0.717, 1.165) is 25.0 Å². The smallest absolute Gasteiger partial charge is 0.271 e. The van der Waals surface area contributed by atoms with E-state index in [1.54, 1.807) is 7.05 Å². The summed E-state index contributed by atoms with van der Waals surface area (Å²) in [6, 6.07) is 1.85. The van der Waals surface area contributed by atoms with Crippen LogP contribution in [0.3, 0.4) is 0 Å². The summed E-state index contributed by atoms with van der Waals surface area (Å²) in [5, 5.41) is 2.47. The highest BCUT2D eigenvalue weighted by Gasteiger charge is 2.21. The van der Waals surface area contributed by atoms with Crippen LogP contribution in [-0.2, 0) is 11.8 Å². The van der Waals surface area contributed by atoms with Gasteiger partial charge in [-0.2, -0.15) is 0 Å². The Morgan fingerprint density at radius 3 is 3.14 bits per heavy atom. The maximum absolute atomic E-state index is 12.3. The van der Waals surface area contributed by atoms with Crippen LogP contribution in [0.2, 0.25) is 0 Å². The Bertz CT molecular complexity index is 753. The molecule has 0 aliphatic carbocycles. The number of thioether (sulfide) groups is 1. The predicted molar refractivity (Wildman–Crippen MR) is 90.6 cm³/mol. The minimum atomic E-state index is -0.0402. The number of hydrogen-bond donors (Lipinski definition) is 0. The highest BCUT2D eigenvalue weighted by molar-refractivity contribution is 7.99. The van der Waals surface area contributed by atoms with Crippen LogP contribution in [0, 0.1) is 5.92 Å². The Morgan fingerprint density at radius 2 is 2.36 bits per heavy atom. The third-order valence-corrected chi connectivity index (χ3v) is 5.89. The van der Waals surface area contributed by atoms with Gasteiger partial charge in [0.25, 0.3) is 5.56 Å². The van der Waals surface area contributed by atoms with Gasteiger partial charge in [0.15, 0.2) is 5.16 Å². The first-order chi connectivity index (χ1) is 10.6. The molecule has 0 N–H and O–H groups in total. The Labute approximate surface area is 137 Å². The highest BCUT2D eigenvalue weighted by atomic mass is 32.2. The molecule has 0 spiro atoms. The van der Waals surface area contributed by atoms with Gasteiger partial charge in [-0.05, 0) is 30.2 Å². The van der Waals surface area contributed by atoms with Gasteiger partial charge in [0.05, 0.1) is 11.3 Å². The third-order valence-electron chi connectivity index (χ3n) is 3.98. The number of rotatable bonds is 3. The van der Waals surface area contributed by atoms with Gasteiger partial charge < -0.3 is 4.90 Å². The minimum Gasteiger partial charge on any atom is -0.342 e. The lowest BCUT2D eigenvalue weighted by Crippen LogP contribution is -2.40. The second-order valence-electron chi connectivity index (χ2n) is 5.77. The SMILES string of the molecule is C[C@H]1CCCN(C(=O)CSc2nc3ccsc3c(=O)n2C)C1. The zero-order valence-electron chi connectivity index (χ0n) is 12.7. The Balaban J connectivity index is 1.72. The second kappa shape index (κ2) is 6.42. The van der Waals surface area contributed by atoms with Crippen molar-refractivity contribution >= 4 is 39.2 Å². The average Bonchev–Trinajstić information content (AvgIpc) is 2.97. The van der Waals surface area contributed by atoms with E-state index >= 15 is 0 Å². The van der Waals surface area contributed by atoms with Crippen LogP contribution in [0.25, 0.3) is 10.2 Å². The van der Waals surface area contributed by atoms with Crippen molar-refractivity contribution in [3.05, 3.63) is 21.8 Å². The molecule has 5 nitrogen and oxygen atoms in total. The zero-order valence-corrected chi connectivity index (χ0v) is 14.4. The van der Waals surface area contributed by atoms with Crippen LogP contribution in [0.4, 0.5) is 0 Å². The summed E-state index contributed by atoms with van der Waals surface area (Å²) >= 11 is 2.75. The van der Waals surface area contributed by atoms with E-state index in [0.29, 0.717) is 21.5 Å². The highest BCUT2D eigenvalue weighted by Crippen LogP contribution is 2.22. The van der Waals surface area contributed by atoms with Crippen molar-refractivity contribution in [1.82, 2.24) is 14.5 Å². The van der Waals surface area contributed by atoms with Crippen LogP contribution < -0.4 is 5.56 Å². The van der Waals surface area contributed by atoms with Crippen LogP contribution in [0.5, 0.6) is 0 Å². The lowest BCUT2D eigenvalue weighted by atomic mass is 10.0. The molecule has 0 unspecified atom stereocenters. The summed E-state index contributed by atoms with van der Waals surface area (Å²) < 4.78 is 2.21. The first-order valence-electron chi connectivity index (χ1n) is 7.41. The Morgan fingerprint density at radius 1 is 1.55 bits per heavy atom. The Kier molecular flexibility index (Phi) is 4.54. The predicted octanol–water partition coefficient (Wildman–Crippen LogP) is 2.35. The molecule has 0 saturated carbocycles. The number of carbonyl (C=O) groups excluding carboxylic acids is 1. The lowest BCUT2D eigenvalue weighted by Gasteiger charge is -2.30. The van der Waals surface area contributed by atoms with Crippen molar-refractivity contribution in [1.29, 1.82) is 0 Å².